The third-order valence-corrected chi connectivity index (χ3v) is 2.81. The van der Waals surface area contributed by atoms with Crippen LogP contribution >= 0.6 is 0 Å². The summed E-state index contributed by atoms with van der Waals surface area (Å²) in [6.07, 6.45) is 4.29. The van der Waals surface area contributed by atoms with Crippen LogP contribution in [0.4, 0.5) is 4.39 Å². The van der Waals surface area contributed by atoms with Gasteiger partial charge in [0.2, 0.25) is 5.91 Å². The summed E-state index contributed by atoms with van der Waals surface area (Å²) in [4.78, 5) is 17.5. The number of alkyl halides is 1. The normalized spacial score (nSPS) is 24.2. The lowest BCUT2D eigenvalue weighted by molar-refractivity contribution is -0.130. The molecule has 0 spiro atoms. The van der Waals surface area contributed by atoms with Crippen molar-refractivity contribution >= 4 is 12.1 Å². The van der Waals surface area contributed by atoms with Crippen LogP contribution in [0.3, 0.4) is 0 Å². The summed E-state index contributed by atoms with van der Waals surface area (Å²) < 4.78 is 12.9. The van der Waals surface area contributed by atoms with E-state index in [2.05, 4.69) is 10.3 Å². The minimum atomic E-state index is -0.836. The van der Waals surface area contributed by atoms with Crippen molar-refractivity contribution in [1.82, 2.24) is 10.2 Å². The molecule has 0 aliphatic carbocycles. The number of nitrogens with one attached hydrogen (secondary N) is 1. The van der Waals surface area contributed by atoms with Crippen molar-refractivity contribution in [2.45, 2.75) is 25.4 Å². The highest BCUT2D eigenvalue weighted by Crippen LogP contribution is 2.15. The molecule has 4 nitrogen and oxygen atoms in total. The second-order valence-electron chi connectivity index (χ2n) is 4.08. The van der Waals surface area contributed by atoms with Gasteiger partial charge in [0.05, 0.1) is 12.2 Å². The predicted octanol–water partition coefficient (Wildman–Crippen LogP) is 0.852. The maximum atomic E-state index is 12.9. The number of rotatable bonds is 3. The first-order chi connectivity index (χ1) is 7.75. The van der Waals surface area contributed by atoms with Crippen LogP contribution in [-0.4, -0.2) is 42.8 Å². The largest absolute Gasteiger partial charge is 0.384 e. The molecule has 0 bridgehead atoms. The molecule has 16 heavy (non-hydrogen) atoms. The monoisotopic (exact) mass is 225 g/mol. The quantitative estimate of drug-likeness (QED) is 0.774. The molecule has 1 N–H and O–H groups in total. The van der Waals surface area contributed by atoms with Gasteiger partial charge in [-0.3, -0.25) is 9.79 Å². The van der Waals surface area contributed by atoms with Gasteiger partial charge in [-0.25, -0.2) is 4.39 Å². The predicted molar refractivity (Wildman–Crippen MR) is 59.9 cm³/mol. The molecular weight excluding hydrogens is 209 g/mol. The van der Waals surface area contributed by atoms with Crippen molar-refractivity contribution in [2.75, 3.05) is 19.6 Å². The second-order valence-corrected chi connectivity index (χ2v) is 4.08. The number of carbonyl (C=O) groups excluding carboxylic acids is 1. The summed E-state index contributed by atoms with van der Waals surface area (Å²) in [6, 6.07) is 0. The van der Waals surface area contributed by atoms with E-state index in [0.29, 0.717) is 25.8 Å². The summed E-state index contributed by atoms with van der Waals surface area (Å²) >= 11 is 0. The van der Waals surface area contributed by atoms with Gasteiger partial charge in [-0.1, -0.05) is 0 Å². The van der Waals surface area contributed by atoms with Crippen molar-refractivity contribution < 1.29 is 9.18 Å². The lowest BCUT2D eigenvalue weighted by atomic mass is 10.2. The third kappa shape index (κ3) is 2.81. The number of likely N-dealkylation sites (tertiary alicyclic amines) is 1. The Hall–Kier alpha value is -1.39. The van der Waals surface area contributed by atoms with Crippen molar-refractivity contribution in [3.8, 4) is 0 Å². The Labute approximate surface area is 94.2 Å². The number of allylic oxidation sites excluding steroid dienone is 1. The molecule has 0 radical (unpaired) electrons. The molecule has 1 atom stereocenters. The van der Waals surface area contributed by atoms with Crippen LogP contribution in [0.2, 0.25) is 0 Å². The lowest BCUT2D eigenvalue weighted by Gasteiger charge is -2.15. The minimum absolute atomic E-state index is 0.0295. The zero-order valence-corrected chi connectivity index (χ0v) is 9.16. The first kappa shape index (κ1) is 11.1. The zero-order valence-electron chi connectivity index (χ0n) is 9.16. The molecule has 1 saturated heterocycles. The summed E-state index contributed by atoms with van der Waals surface area (Å²) in [5.74, 6) is 0.0295. The van der Waals surface area contributed by atoms with E-state index in [9.17, 15) is 9.18 Å². The summed E-state index contributed by atoms with van der Waals surface area (Å²) in [6.45, 7) is 1.56. The fourth-order valence-electron chi connectivity index (χ4n) is 1.90. The fourth-order valence-corrected chi connectivity index (χ4v) is 1.90. The van der Waals surface area contributed by atoms with Crippen LogP contribution in [0.15, 0.2) is 16.9 Å². The van der Waals surface area contributed by atoms with Gasteiger partial charge in [-0.15, -0.1) is 0 Å². The molecule has 0 saturated carbocycles. The van der Waals surface area contributed by atoms with E-state index in [1.165, 1.54) is 0 Å². The van der Waals surface area contributed by atoms with Crippen molar-refractivity contribution in [1.29, 1.82) is 0 Å². The van der Waals surface area contributed by atoms with Crippen molar-refractivity contribution in [3.05, 3.63) is 11.9 Å². The van der Waals surface area contributed by atoms with Gasteiger partial charge in [0, 0.05) is 31.9 Å². The number of amides is 1. The Balaban J connectivity index is 1.75. The van der Waals surface area contributed by atoms with E-state index in [4.69, 9.17) is 0 Å². The number of halogens is 1. The summed E-state index contributed by atoms with van der Waals surface area (Å²) in [5.41, 5.74) is 0.885. The van der Waals surface area contributed by atoms with E-state index < -0.39 is 6.17 Å². The van der Waals surface area contributed by atoms with Gasteiger partial charge in [-0.2, -0.15) is 0 Å². The minimum Gasteiger partial charge on any atom is -0.384 e. The van der Waals surface area contributed by atoms with Gasteiger partial charge >= 0.3 is 0 Å². The van der Waals surface area contributed by atoms with Gasteiger partial charge < -0.3 is 10.2 Å². The van der Waals surface area contributed by atoms with Crippen LogP contribution in [0.1, 0.15) is 19.3 Å². The maximum absolute atomic E-state index is 12.9. The van der Waals surface area contributed by atoms with Gasteiger partial charge in [0.15, 0.2) is 0 Å². The second kappa shape index (κ2) is 5.09. The summed E-state index contributed by atoms with van der Waals surface area (Å²) in [5, 5.41) is 3.04. The Morgan fingerprint density at radius 1 is 1.69 bits per heavy atom. The van der Waals surface area contributed by atoms with Gasteiger partial charge in [0.25, 0.3) is 0 Å². The molecule has 0 aromatic carbocycles. The van der Waals surface area contributed by atoms with Crippen LogP contribution in [0, 0.1) is 0 Å². The smallest absolute Gasteiger partial charge is 0.223 e. The standard InChI is InChI=1S/C11H16FN3O/c12-9-3-6-15(8-9)11(16)2-1-10-7-13-4-5-14-10/h5,7,9,13H,1-4,6,8H2/t9-/m1/s1. The Bertz CT molecular complexity index is 327. The zero-order chi connectivity index (χ0) is 11.4. The molecule has 2 aliphatic rings. The third-order valence-electron chi connectivity index (χ3n) is 2.81. The molecule has 1 amide bonds. The Kier molecular flexibility index (Phi) is 3.54. The molecule has 88 valence electrons. The highest BCUT2D eigenvalue weighted by molar-refractivity contribution is 5.77. The van der Waals surface area contributed by atoms with E-state index >= 15 is 0 Å². The number of aliphatic imine (C=N–C) groups is 1. The van der Waals surface area contributed by atoms with Crippen LogP contribution in [0.5, 0.6) is 0 Å². The molecule has 0 aromatic heterocycles. The van der Waals surface area contributed by atoms with Crippen LogP contribution in [-0.2, 0) is 4.79 Å². The average Bonchev–Trinajstić information content (AvgIpc) is 2.74. The molecule has 0 aromatic rings. The molecule has 5 heteroatoms. The number of hydrogen-bond donors (Lipinski definition) is 1. The SMILES string of the molecule is O=C(CCC1=CNCC=N1)N1CC[C@@H](F)C1. The van der Waals surface area contributed by atoms with E-state index in [-0.39, 0.29) is 12.5 Å². The van der Waals surface area contributed by atoms with Gasteiger partial charge in [0.1, 0.15) is 6.17 Å². The van der Waals surface area contributed by atoms with Gasteiger partial charge in [-0.05, 0) is 12.8 Å². The lowest BCUT2D eigenvalue weighted by Crippen LogP contribution is -2.28. The molecular formula is C11H16FN3O. The van der Waals surface area contributed by atoms with Crippen molar-refractivity contribution in [3.63, 3.8) is 0 Å². The first-order valence-corrected chi connectivity index (χ1v) is 5.62. The first-order valence-electron chi connectivity index (χ1n) is 5.62. The Morgan fingerprint density at radius 2 is 2.56 bits per heavy atom. The van der Waals surface area contributed by atoms with Crippen molar-refractivity contribution in [2.24, 2.45) is 4.99 Å². The van der Waals surface area contributed by atoms with E-state index in [1.807, 2.05) is 6.20 Å². The number of carbonyl (C=O) groups is 1. The molecule has 1 fully saturated rings. The molecule has 2 heterocycles. The number of hydrogen-bond acceptors (Lipinski definition) is 3. The summed E-state index contributed by atoms with van der Waals surface area (Å²) in [7, 11) is 0. The molecule has 0 unspecified atom stereocenters. The van der Waals surface area contributed by atoms with E-state index in [1.54, 1.807) is 11.1 Å². The molecule has 2 rings (SSSR count). The average molecular weight is 225 g/mol. The fraction of sp³-hybridized carbons (Fsp3) is 0.636. The van der Waals surface area contributed by atoms with Crippen LogP contribution < -0.4 is 5.32 Å². The Morgan fingerprint density at radius 3 is 3.19 bits per heavy atom. The highest BCUT2D eigenvalue weighted by atomic mass is 19.1. The topological polar surface area (TPSA) is 44.7 Å². The highest BCUT2D eigenvalue weighted by Gasteiger charge is 2.25. The maximum Gasteiger partial charge on any atom is 0.223 e. The number of nitrogens with zero attached hydrogens (tertiary/aromatic N) is 2. The van der Waals surface area contributed by atoms with E-state index in [0.717, 1.165) is 12.2 Å². The molecule has 2 aliphatic heterocycles. The van der Waals surface area contributed by atoms with Crippen LogP contribution in [0.25, 0.3) is 0 Å².